The standard InChI is InChI=1S/C15H14N2O2/c1-9-5-3-4-6-11(9)13-14(17-19-15(13)16)12-7-8-18-10(12)2/h3-8H,16H2,1-2H3. The summed E-state index contributed by atoms with van der Waals surface area (Å²) in [4.78, 5) is 0. The van der Waals surface area contributed by atoms with Gasteiger partial charge in [0.15, 0.2) is 0 Å². The molecule has 0 bridgehead atoms. The third-order valence-electron chi connectivity index (χ3n) is 3.25. The molecule has 19 heavy (non-hydrogen) atoms. The smallest absolute Gasteiger partial charge is 0.230 e. The fraction of sp³-hybridized carbons (Fsp3) is 0.133. The van der Waals surface area contributed by atoms with Gasteiger partial charge in [0.05, 0.1) is 11.8 Å². The third kappa shape index (κ3) is 1.81. The molecular weight excluding hydrogens is 240 g/mol. The second-order valence-corrected chi connectivity index (χ2v) is 4.48. The largest absolute Gasteiger partial charge is 0.469 e. The number of rotatable bonds is 2. The van der Waals surface area contributed by atoms with E-state index in [4.69, 9.17) is 14.7 Å². The van der Waals surface area contributed by atoms with Crippen molar-refractivity contribution >= 4 is 5.88 Å². The number of nitrogens with zero attached hydrogens (tertiary/aromatic N) is 1. The highest BCUT2D eigenvalue weighted by atomic mass is 16.5. The van der Waals surface area contributed by atoms with Gasteiger partial charge in [0, 0.05) is 5.56 Å². The van der Waals surface area contributed by atoms with Gasteiger partial charge >= 0.3 is 0 Å². The zero-order valence-corrected chi connectivity index (χ0v) is 10.8. The summed E-state index contributed by atoms with van der Waals surface area (Å²) < 4.78 is 10.5. The minimum Gasteiger partial charge on any atom is -0.469 e. The zero-order chi connectivity index (χ0) is 13.4. The van der Waals surface area contributed by atoms with E-state index in [0.29, 0.717) is 5.88 Å². The van der Waals surface area contributed by atoms with Gasteiger partial charge < -0.3 is 14.7 Å². The second kappa shape index (κ2) is 4.31. The lowest BCUT2D eigenvalue weighted by atomic mass is 9.97. The number of anilines is 1. The van der Waals surface area contributed by atoms with E-state index < -0.39 is 0 Å². The van der Waals surface area contributed by atoms with Crippen molar-refractivity contribution in [3.05, 3.63) is 47.9 Å². The molecule has 1 aromatic carbocycles. The molecule has 0 aliphatic carbocycles. The van der Waals surface area contributed by atoms with Crippen LogP contribution in [0.1, 0.15) is 11.3 Å². The summed E-state index contributed by atoms with van der Waals surface area (Å²) >= 11 is 0. The Labute approximate surface area is 110 Å². The number of aromatic nitrogens is 1. The first kappa shape index (κ1) is 11.6. The van der Waals surface area contributed by atoms with Crippen molar-refractivity contribution in [3.63, 3.8) is 0 Å². The lowest BCUT2D eigenvalue weighted by Gasteiger charge is -2.05. The highest BCUT2D eigenvalue weighted by Gasteiger charge is 2.20. The predicted octanol–water partition coefficient (Wildman–Crippen LogP) is 3.80. The number of hydrogen-bond donors (Lipinski definition) is 1. The Morgan fingerprint density at radius 1 is 1.05 bits per heavy atom. The Morgan fingerprint density at radius 3 is 2.53 bits per heavy atom. The Morgan fingerprint density at radius 2 is 1.84 bits per heavy atom. The third-order valence-corrected chi connectivity index (χ3v) is 3.25. The molecule has 0 spiro atoms. The first-order valence-corrected chi connectivity index (χ1v) is 6.04. The molecule has 2 N–H and O–H groups in total. The van der Waals surface area contributed by atoms with E-state index in [0.717, 1.165) is 33.7 Å². The first-order chi connectivity index (χ1) is 9.18. The van der Waals surface area contributed by atoms with Crippen molar-refractivity contribution in [3.8, 4) is 22.4 Å². The van der Waals surface area contributed by atoms with Gasteiger partial charge in [-0.15, -0.1) is 0 Å². The average molecular weight is 254 g/mol. The lowest BCUT2D eigenvalue weighted by Crippen LogP contribution is -1.90. The average Bonchev–Trinajstić information content (AvgIpc) is 2.96. The van der Waals surface area contributed by atoms with Gasteiger partial charge in [-0.2, -0.15) is 0 Å². The normalized spacial score (nSPS) is 10.8. The molecule has 2 aromatic heterocycles. The van der Waals surface area contributed by atoms with Gasteiger partial charge in [0.1, 0.15) is 11.5 Å². The van der Waals surface area contributed by atoms with Crippen LogP contribution in [-0.4, -0.2) is 5.16 Å². The Kier molecular flexibility index (Phi) is 2.63. The highest BCUT2D eigenvalue weighted by Crippen LogP contribution is 2.38. The molecule has 0 aliphatic rings. The molecule has 0 aliphatic heterocycles. The van der Waals surface area contributed by atoms with Crippen LogP contribution in [0.2, 0.25) is 0 Å². The summed E-state index contributed by atoms with van der Waals surface area (Å²) in [6, 6.07) is 9.88. The molecule has 0 saturated heterocycles. The monoisotopic (exact) mass is 254 g/mol. The van der Waals surface area contributed by atoms with Crippen LogP contribution in [0.25, 0.3) is 22.4 Å². The Bertz CT molecular complexity index is 725. The minimum atomic E-state index is 0.324. The Hall–Kier alpha value is -2.49. The number of hydrogen-bond acceptors (Lipinski definition) is 4. The van der Waals surface area contributed by atoms with E-state index in [9.17, 15) is 0 Å². The van der Waals surface area contributed by atoms with Crippen LogP contribution < -0.4 is 5.73 Å². The number of benzene rings is 1. The van der Waals surface area contributed by atoms with E-state index in [-0.39, 0.29) is 0 Å². The molecule has 3 rings (SSSR count). The Balaban J connectivity index is 2.26. The van der Waals surface area contributed by atoms with Crippen molar-refractivity contribution in [2.45, 2.75) is 13.8 Å². The fourth-order valence-corrected chi connectivity index (χ4v) is 2.23. The molecule has 0 amide bonds. The maximum atomic E-state index is 5.94. The molecule has 3 aromatic rings. The maximum Gasteiger partial charge on any atom is 0.230 e. The van der Waals surface area contributed by atoms with Gasteiger partial charge in [0.2, 0.25) is 5.88 Å². The fourth-order valence-electron chi connectivity index (χ4n) is 2.23. The molecule has 0 atom stereocenters. The molecule has 2 heterocycles. The minimum absolute atomic E-state index is 0.324. The molecule has 0 unspecified atom stereocenters. The topological polar surface area (TPSA) is 65.2 Å². The highest BCUT2D eigenvalue weighted by molar-refractivity contribution is 5.88. The number of nitrogens with two attached hydrogens (primary N) is 1. The van der Waals surface area contributed by atoms with Crippen LogP contribution in [-0.2, 0) is 0 Å². The van der Waals surface area contributed by atoms with Gasteiger partial charge in [-0.05, 0) is 31.0 Å². The van der Waals surface area contributed by atoms with Crippen LogP contribution in [0.3, 0.4) is 0 Å². The van der Waals surface area contributed by atoms with Crippen LogP contribution in [0.15, 0.2) is 45.5 Å². The number of aryl methyl sites for hydroxylation is 2. The van der Waals surface area contributed by atoms with Gasteiger partial charge in [-0.1, -0.05) is 29.4 Å². The lowest BCUT2D eigenvalue weighted by molar-refractivity contribution is 0.439. The summed E-state index contributed by atoms with van der Waals surface area (Å²) in [7, 11) is 0. The quantitative estimate of drug-likeness (QED) is 0.755. The van der Waals surface area contributed by atoms with Crippen LogP contribution in [0.5, 0.6) is 0 Å². The number of furan rings is 1. The van der Waals surface area contributed by atoms with Gasteiger partial charge in [0.25, 0.3) is 0 Å². The van der Waals surface area contributed by atoms with Crippen molar-refractivity contribution < 1.29 is 8.94 Å². The summed E-state index contributed by atoms with van der Waals surface area (Å²) in [6.07, 6.45) is 1.64. The van der Waals surface area contributed by atoms with E-state index >= 15 is 0 Å². The van der Waals surface area contributed by atoms with Crippen LogP contribution in [0, 0.1) is 13.8 Å². The zero-order valence-electron chi connectivity index (χ0n) is 10.8. The predicted molar refractivity (Wildman–Crippen MR) is 73.5 cm³/mol. The van der Waals surface area contributed by atoms with Gasteiger partial charge in [-0.25, -0.2) is 0 Å². The molecular formula is C15H14N2O2. The maximum absolute atomic E-state index is 5.94. The first-order valence-electron chi connectivity index (χ1n) is 6.04. The number of nitrogen functional groups attached to an aromatic ring is 1. The summed E-state index contributed by atoms with van der Waals surface area (Å²) in [6.45, 7) is 3.93. The second-order valence-electron chi connectivity index (χ2n) is 4.48. The molecule has 4 heteroatoms. The molecule has 0 saturated carbocycles. The van der Waals surface area contributed by atoms with Gasteiger partial charge in [-0.3, -0.25) is 0 Å². The van der Waals surface area contributed by atoms with E-state index in [2.05, 4.69) is 5.16 Å². The summed E-state index contributed by atoms with van der Waals surface area (Å²) in [5.74, 6) is 1.12. The van der Waals surface area contributed by atoms with Crippen LogP contribution in [0.4, 0.5) is 5.88 Å². The molecule has 0 fully saturated rings. The van der Waals surface area contributed by atoms with Crippen molar-refractivity contribution in [2.75, 3.05) is 5.73 Å². The summed E-state index contributed by atoms with van der Waals surface area (Å²) in [5, 5.41) is 4.08. The van der Waals surface area contributed by atoms with Crippen molar-refractivity contribution in [1.82, 2.24) is 5.16 Å². The molecule has 96 valence electrons. The van der Waals surface area contributed by atoms with E-state index in [1.54, 1.807) is 6.26 Å². The van der Waals surface area contributed by atoms with E-state index in [1.807, 2.05) is 44.2 Å². The summed E-state index contributed by atoms with van der Waals surface area (Å²) in [5.41, 5.74) is 10.5. The molecule has 4 nitrogen and oxygen atoms in total. The van der Waals surface area contributed by atoms with Crippen LogP contribution >= 0.6 is 0 Å². The van der Waals surface area contributed by atoms with Crippen molar-refractivity contribution in [1.29, 1.82) is 0 Å². The van der Waals surface area contributed by atoms with Crippen molar-refractivity contribution in [2.24, 2.45) is 0 Å². The molecule has 0 radical (unpaired) electrons. The SMILES string of the molecule is Cc1ccccc1-c1c(-c2ccoc2C)noc1N. The van der Waals surface area contributed by atoms with E-state index in [1.165, 1.54) is 0 Å².